The molecule has 2 heterocycles. The van der Waals surface area contributed by atoms with Gasteiger partial charge in [0.1, 0.15) is 0 Å². The molecule has 1 fully saturated rings. The summed E-state index contributed by atoms with van der Waals surface area (Å²) in [5, 5.41) is 10.6. The van der Waals surface area contributed by atoms with E-state index in [2.05, 4.69) is 15.0 Å². The van der Waals surface area contributed by atoms with Gasteiger partial charge in [-0.15, -0.1) is 0 Å². The van der Waals surface area contributed by atoms with Crippen molar-refractivity contribution in [2.75, 3.05) is 38.3 Å². The molecule has 0 bridgehead atoms. The quantitative estimate of drug-likeness (QED) is 0.865. The van der Waals surface area contributed by atoms with E-state index in [1.54, 1.807) is 11.9 Å². The van der Waals surface area contributed by atoms with Crippen LogP contribution in [0.15, 0.2) is 0 Å². The van der Waals surface area contributed by atoms with Crippen molar-refractivity contribution < 1.29 is 14.6 Å². The second kappa shape index (κ2) is 6.51. The summed E-state index contributed by atoms with van der Waals surface area (Å²) in [5.74, 6) is 0.383. The third-order valence-electron chi connectivity index (χ3n) is 3.15. The summed E-state index contributed by atoms with van der Waals surface area (Å²) in [7, 11) is 1.80. The Morgan fingerprint density at radius 2 is 2.05 bits per heavy atom. The largest absolute Gasteiger partial charge is 0.464 e. The first kappa shape index (κ1) is 15.2. The van der Waals surface area contributed by atoms with Gasteiger partial charge in [0.05, 0.1) is 12.2 Å². The molecule has 0 amide bonds. The van der Waals surface area contributed by atoms with Gasteiger partial charge in [0.25, 0.3) is 0 Å². The van der Waals surface area contributed by atoms with Crippen molar-refractivity contribution >= 4 is 17.5 Å². The molecule has 8 heteroatoms. The van der Waals surface area contributed by atoms with Gasteiger partial charge in [0.15, 0.2) is 0 Å². The smallest absolute Gasteiger partial charge is 0.322 e. The van der Waals surface area contributed by atoms with Crippen molar-refractivity contribution in [1.29, 1.82) is 0 Å². The predicted molar refractivity (Wildman–Crippen MR) is 74.3 cm³/mol. The number of aromatic nitrogens is 3. The number of anilines is 1. The molecule has 2 rings (SSSR count). The fourth-order valence-corrected chi connectivity index (χ4v) is 2.26. The Bertz CT molecular complexity index is 454. The van der Waals surface area contributed by atoms with E-state index in [4.69, 9.17) is 21.1 Å². The molecule has 0 aromatic carbocycles. The molecule has 0 aliphatic carbocycles. The Hall–Kier alpha value is -1.18. The molecule has 1 aromatic heterocycles. The van der Waals surface area contributed by atoms with Crippen LogP contribution in [0.3, 0.4) is 0 Å². The zero-order valence-corrected chi connectivity index (χ0v) is 12.4. The molecular weight excluding hydrogens is 284 g/mol. The summed E-state index contributed by atoms with van der Waals surface area (Å²) in [5.41, 5.74) is -0.794. The molecular formula is C12H19ClN4O3. The molecule has 20 heavy (non-hydrogen) atoms. The molecule has 1 aliphatic rings. The highest BCUT2D eigenvalue weighted by Crippen LogP contribution is 2.23. The molecule has 0 radical (unpaired) electrons. The van der Waals surface area contributed by atoms with Crippen LogP contribution in [0, 0.1) is 0 Å². The fraction of sp³-hybridized carbons (Fsp3) is 0.750. The van der Waals surface area contributed by atoms with Crippen molar-refractivity contribution in [2.24, 2.45) is 0 Å². The van der Waals surface area contributed by atoms with Crippen LogP contribution >= 0.6 is 11.6 Å². The Labute approximate surface area is 122 Å². The number of ether oxygens (including phenoxy) is 2. The van der Waals surface area contributed by atoms with Crippen LogP contribution in [0.5, 0.6) is 6.01 Å². The molecule has 1 aromatic rings. The SMILES string of the molecule is CCOc1nc(Cl)nc(N(C)CC2(O)CCOCC2)n1. The monoisotopic (exact) mass is 302 g/mol. The maximum absolute atomic E-state index is 10.5. The van der Waals surface area contributed by atoms with Gasteiger partial charge in [-0.1, -0.05) is 0 Å². The van der Waals surface area contributed by atoms with Crippen molar-refractivity contribution in [3.8, 4) is 6.01 Å². The number of likely N-dealkylation sites (N-methyl/N-ethyl adjacent to an activating group) is 1. The minimum Gasteiger partial charge on any atom is -0.464 e. The molecule has 0 saturated carbocycles. The van der Waals surface area contributed by atoms with Crippen LogP contribution in [0.1, 0.15) is 19.8 Å². The molecule has 112 valence electrons. The van der Waals surface area contributed by atoms with Gasteiger partial charge >= 0.3 is 6.01 Å². The first-order chi connectivity index (χ1) is 9.52. The first-order valence-electron chi connectivity index (χ1n) is 6.58. The van der Waals surface area contributed by atoms with E-state index in [9.17, 15) is 5.11 Å². The van der Waals surface area contributed by atoms with Gasteiger partial charge in [-0.3, -0.25) is 0 Å². The zero-order chi connectivity index (χ0) is 14.6. The summed E-state index contributed by atoms with van der Waals surface area (Å²) in [6, 6.07) is 0.188. The van der Waals surface area contributed by atoms with Crippen molar-refractivity contribution in [3.05, 3.63) is 5.28 Å². The first-order valence-corrected chi connectivity index (χ1v) is 6.96. The minimum absolute atomic E-state index is 0.0734. The van der Waals surface area contributed by atoms with Crippen LogP contribution in [0.2, 0.25) is 5.28 Å². The second-order valence-electron chi connectivity index (χ2n) is 4.81. The van der Waals surface area contributed by atoms with Crippen LogP contribution < -0.4 is 9.64 Å². The third-order valence-corrected chi connectivity index (χ3v) is 3.31. The highest BCUT2D eigenvalue weighted by molar-refractivity contribution is 6.28. The zero-order valence-electron chi connectivity index (χ0n) is 11.7. The van der Waals surface area contributed by atoms with Crippen molar-refractivity contribution in [2.45, 2.75) is 25.4 Å². The summed E-state index contributed by atoms with van der Waals surface area (Å²) < 4.78 is 10.5. The van der Waals surface area contributed by atoms with E-state index in [1.165, 1.54) is 0 Å². The summed E-state index contributed by atoms with van der Waals surface area (Å²) >= 11 is 5.86. The summed E-state index contributed by atoms with van der Waals surface area (Å²) in [6.45, 7) is 3.82. The highest BCUT2D eigenvalue weighted by atomic mass is 35.5. The molecule has 1 saturated heterocycles. The number of aliphatic hydroxyl groups is 1. The number of halogens is 1. The number of rotatable bonds is 5. The Morgan fingerprint density at radius 1 is 1.35 bits per heavy atom. The van der Waals surface area contributed by atoms with Gasteiger partial charge < -0.3 is 19.5 Å². The van der Waals surface area contributed by atoms with Gasteiger partial charge in [0, 0.05) is 39.6 Å². The van der Waals surface area contributed by atoms with E-state index < -0.39 is 5.60 Å². The molecule has 0 spiro atoms. The number of hydrogen-bond acceptors (Lipinski definition) is 7. The third kappa shape index (κ3) is 3.91. The molecule has 0 atom stereocenters. The lowest BCUT2D eigenvalue weighted by Gasteiger charge is -2.35. The molecule has 1 N–H and O–H groups in total. The lowest BCUT2D eigenvalue weighted by atomic mass is 9.94. The van der Waals surface area contributed by atoms with E-state index in [-0.39, 0.29) is 11.3 Å². The second-order valence-corrected chi connectivity index (χ2v) is 5.15. The topological polar surface area (TPSA) is 80.6 Å². The van der Waals surface area contributed by atoms with Crippen LogP contribution in [-0.2, 0) is 4.74 Å². The van der Waals surface area contributed by atoms with Gasteiger partial charge in [-0.2, -0.15) is 15.0 Å². The Morgan fingerprint density at radius 3 is 2.70 bits per heavy atom. The number of nitrogens with zero attached hydrogens (tertiary/aromatic N) is 4. The maximum Gasteiger partial charge on any atom is 0.322 e. The van der Waals surface area contributed by atoms with Crippen LogP contribution in [0.25, 0.3) is 0 Å². The Kier molecular flexibility index (Phi) is 4.95. The predicted octanol–water partition coefficient (Wildman–Crippen LogP) is 0.901. The van der Waals surface area contributed by atoms with Crippen molar-refractivity contribution in [1.82, 2.24) is 15.0 Å². The summed E-state index contributed by atoms with van der Waals surface area (Å²) in [6.07, 6.45) is 1.18. The van der Waals surface area contributed by atoms with Gasteiger partial charge in [0.2, 0.25) is 11.2 Å². The van der Waals surface area contributed by atoms with Gasteiger partial charge in [-0.05, 0) is 18.5 Å². The summed E-state index contributed by atoms with van der Waals surface area (Å²) in [4.78, 5) is 13.9. The maximum atomic E-state index is 10.5. The molecule has 0 unspecified atom stereocenters. The normalized spacial score (nSPS) is 17.8. The Balaban J connectivity index is 2.09. The highest BCUT2D eigenvalue weighted by Gasteiger charge is 2.32. The number of hydrogen-bond donors (Lipinski definition) is 1. The van der Waals surface area contributed by atoms with Crippen molar-refractivity contribution in [3.63, 3.8) is 0 Å². The minimum atomic E-state index is -0.794. The van der Waals surface area contributed by atoms with Gasteiger partial charge in [-0.25, -0.2) is 0 Å². The molecule has 1 aliphatic heterocycles. The standard InChI is InChI=1S/C12H19ClN4O3/c1-3-20-11-15-9(13)14-10(16-11)17(2)8-12(18)4-6-19-7-5-12/h18H,3-8H2,1-2H3. The van der Waals surface area contributed by atoms with E-state index in [0.29, 0.717) is 45.2 Å². The fourth-order valence-electron chi connectivity index (χ4n) is 2.11. The average Bonchev–Trinajstić information content (AvgIpc) is 2.38. The van der Waals surface area contributed by atoms with E-state index >= 15 is 0 Å². The lowest BCUT2D eigenvalue weighted by Crippen LogP contribution is -2.46. The van der Waals surface area contributed by atoms with Crippen LogP contribution in [0.4, 0.5) is 5.95 Å². The molecule has 7 nitrogen and oxygen atoms in total. The van der Waals surface area contributed by atoms with E-state index in [0.717, 1.165) is 0 Å². The average molecular weight is 303 g/mol. The lowest BCUT2D eigenvalue weighted by molar-refractivity contribution is -0.0574. The van der Waals surface area contributed by atoms with Crippen LogP contribution in [-0.4, -0.2) is 59.1 Å². The van der Waals surface area contributed by atoms with E-state index in [1.807, 2.05) is 6.92 Å².